The van der Waals surface area contributed by atoms with Gasteiger partial charge in [-0.3, -0.25) is 4.68 Å². The maximum Gasteiger partial charge on any atom is 0.244 e. The lowest BCUT2D eigenvalue weighted by molar-refractivity contribution is 0.00396. The standard InChI is InChI=1S/C26H24ClF3N6O/c1-13-20(10-22(29)30)33-26-24(32-13)23(18-5-2-16(27)9-19(18)28)34-25(35-26)14-6-7-37-21(8-14)15-11-31-36(12-15)17-3-4-17/h2,5,9,11-12,14,17,21-22H,3-4,6-8,10H2,1H3. The molecule has 192 valence electrons. The summed E-state index contributed by atoms with van der Waals surface area (Å²) in [7, 11) is 0. The van der Waals surface area contributed by atoms with Crippen LogP contribution in [0.1, 0.15) is 66.5 Å². The Morgan fingerprint density at radius 2 is 1.97 bits per heavy atom. The van der Waals surface area contributed by atoms with Gasteiger partial charge in [0.1, 0.15) is 22.9 Å². The van der Waals surface area contributed by atoms with Crippen LogP contribution in [0.2, 0.25) is 5.02 Å². The fourth-order valence-electron chi connectivity index (χ4n) is 4.79. The van der Waals surface area contributed by atoms with Gasteiger partial charge in [0.05, 0.1) is 36.2 Å². The number of benzene rings is 1. The number of alkyl halides is 2. The van der Waals surface area contributed by atoms with Crippen molar-refractivity contribution in [2.75, 3.05) is 6.61 Å². The monoisotopic (exact) mass is 528 g/mol. The van der Waals surface area contributed by atoms with Crippen molar-refractivity contribution in [2.24, 2.45) is 0 Å². The van der Waals surface area contributed by atoms with E-state index in [9.17, 15) is 8.78 Å². The van der Waals surface area contributed by atoms with E-state index in [1.807, 2.05) is 17.1 Å². The number of aromatic nitrogens is 6. The summed E-state index contributed by atoms with van der Waals surface area (Å²) in [5.74, 6) is -0.212. The van der Waals surface area contributed by atoms with E-state index in [1.165, 1.54) is 12.1 Å². The molecule has 1 aliphatic carbocycles. The highest BCUT2D eigenvalue weighted by atomic mass is 35.5. The molecule has 0 radical (unpaired) electrons. The third kappa shape index (κ3) is 4.92. The summed E-state index contributed by atoms with van der Waals surface area (Å²) in [5.41, 5.74) is 2.37. The Kier molecular flexibility index (Phi) is 6.32. The molecule has 4 heterocycles. The smallest absolute Gasteiger partial charge is 0.244 e. The van der Waals surface area contributed by atoms with Crippen molar-refractivity contribution in [1.82, 2.24) is 29.7 Å². The van der Waals surface area contributed by atoms with Gasteiger partial charge in [-0.15, -0.1) is 0 Å². The molecule has 0 amide bonds. The Morgan fingerprint density at radius 1 is 1.14 bits per heavy atom. The van der Waals surface area contributed by atoms with Gasteiger partial charge < -0.3 is 4.74 Å². The number of rotatable bonds is 6. The zero-order valence-electron chi connectivity index (χ0n) is 20.0. The molecule has 2 aliphatic rings. The molecule has 2 unspecified atom stereocenters. The largest absolute Gasteiger partial charge is 0.373 e. The average Bonchev–Trinajstić information content (AvgIpc) is 3.60. The third-order valence-corrected chi connectivity index (χ3v) is 7.15. The predicted molar refractivity (Wildman–Crippen MR) is 131 cm³/mol. The molecule has 2 fully saturated rings. The molecule has 4 aromatic rings. The Hall–Kier alpha value is -3.11. The summed E-state index contributed by atoms with van der Waals surface area (Å²) in [6, 6.07) is 4.78. The molecule has 1 saturated carbocycles. The maximum absolute atomic E-state index is 15.0. The first kappa shape index (κ1) is 24.2. The first-order chi connectivity index (χ1) is 17.9. The zero-order chi connectivity index (χ0) is 25.7. The fourth-order valence-corrected chi connectivity index (χ4v) is 4.95. The number of hydrogen-bond donors (Lipinski definition) is 0. The van der Waals surface area contributed by atoms with Gasteiger partial charge in [0.15, 0.2) is 5.65 Å². The summed E-state index contributed by atoms with van der Waals surface area (Å²) in [6.07, 6.45) is 4.11. The van der Waals surface area contributed by atoms with Crippen molar-refractivity contribution in [3.8, 4) is 11.3 Å². The third-order valence-electron chi connectivity index (χ3n) is 6.92. The van der Waals surface area contributed by atoms with Gasteiger partial charge in [-0.25, -0.2) is 33.1 Å². The first-order valence-electron chi connectivity index (χ1n) is 12.3. The van der Waals surface area contributed by atoms with Crippen LogP contribution < -0.4 is 0 Å². The number of fused-ring (bicyclic) bond motifs is 1. The second kappa shape index (κ2) is 9.64. The summed E-state index contributed by atoms with van der Waals surface area (Å²) in [4.78, 5) is 18.3. The van der Waals surface area contributed by atoms with E-state index in [0.29, 0.717) is 37.0 Å². The number of hydrogen-bond acceptors (Lipinski definition) is 6. The molecule has 0 spiro atoms. The molecule has 6 rings (SSSR count). The van der Waals surface area contributed by atoms with Crippen molar-refractivity contribution in [2.45, 2.75) is 63.5 Å². The van der Waals surface area contributed by atoms with Gasteiger partial charge >= 0.3 is 0 Å². The molecule has 1 aliphatic heterocycles. The minimum atomic E-state index is -2.58. The van der Waals surface area contributed by atoms with Crippen LogP contribution in [0.3, 0.4) is 0 Å². The average molecular weight is 529 g/mol. The van der Waals surface area contributed by atoms with Gasteiger partial charge in [0.2, 0.25) is 6.43 Å². The Balaban J connectivity index is 1.42. The molecule has 7 nitrogen and oxygen atoms in total. The summed E-state index contributed by atoms with van der Waals surface area (Å²) in [5, 5.41) is 4.73. The highest BCUT2D eigenvalue weighted by molar-refractivity contribution is 6.30. The van der Waals surface area contributed by atoms with Gasteiger partial charge in [-0.2, -0.15) is 5.10 Å². The van der Waals surface area contributed by atoms with Crippen LogP contribution in [0.5, 0.6) is 0 Å². The van der Waals surface area contributed by atoms with Gasteiger partial charge in [-0.1, -0.05) is 11.6 Å². The maximum atomic E-state index is 15.0. The van der Waals surface area contributed by atoms with E-state index in [4.69, 9.17) is 21.3 Å². The van der Waals surface area contributed by atoms with Crippen LogP contribution in [0, 0.1) is 12.7 Å². The molecule has 11 heteroatoms. The number of nitrogens with zero attached hydrogens (tertiary/aromatic N) is 6. The molecule has 1 aromatic carbocycles. The minimum absolute atomic E-state index is 0.108. The summed E-state index contributed by atoms with van der Waals surface area (Å²) in [6.45, 7) is 2.09. The van der Waals surface area contributed by atoms with Crippen LogP contribution in [-0.4, -0.2) is 42.7 Å². The number of ether oxygens (including phenoxy) is 1. The minimum Gasteiger partial charge on any atom is -0.373 e. The second-order valence-electron chi connectivity index (χ2n) is 9.64. The highest BCUT2D eigenvalue weighted by Gasteiger charge is 2.31. The van der Waals surface area contributed by atoms with Crippen molar-refractivity contribution in [1.29, 1.82) is 0 Å². The van der Waals surface area contributed by atoms with Crippen LogP contribution in [0.15, 0.2) is 30.6 Å². The van der Waals surface area contributed by atoms with E-state index in [2.05, 4.69) is 20.1 Å². The Morgan fingerprint density at radius 3 is 2.73 bits per heavy atom. The van der Waals surface area contributed by atoms with E-state index in [1.54, 1.807) is 13.0 Å². The topological polar surface area (TPSA) is 78.6 Å². The van der Waals surface area contributed by atoms with Gasteiger partial charge in [0.25, 0.3) is 0 Å². The van der Waals surface area contributed by atoms with E-state index >= 15 is 4.39 Å². The predicted octanol–water partition coefficient (Wildman–Crippen LogP) is 6.16. The van der Waals surface area contributed by atoms with Crippen LogP contribution >= 0.6 is 11.6 Å². The normalized spacial score (nSPS) is 20.2. The van der Waals surface area contributed by atoms with Crippen LogP contribution in [0.25, 0.3) is 22.4 Å². The summed E-state index contributed by atoms with van der Waals surface area (Å²) < 4.78 is 49.4. The zero-order valence-corrected chi connectivity index (χ0v) is 20.8. The lowest BCUT2D eigenvalue weighted by Crippen LogP contribution is -2.20. The molecule has 1 saturated heterocycles. The van der Waals surface area contributed by atoms with Crippen molar-refractivity contribution >= 4 is 22.8 Å². The number of halogens is 4. The number of aryl methyl sites for hydroxylation is 1. The molecule has 3 aromatic heterocycles. The first-order valence-corrected chi connectivity index (χ1v) is 12.7. The van der Waals surface area contributed by atoms with Crippen LogP contribution in [-0.2, 0) is 11.2 Å². The lowest BCUT2D eigenvalue weighted by Gasteiger charge is -2.28. The van der Waals surface area contributed by atoms with Gasteiger partial charge in [0, 0.05) is 34.9 Å². The quantitative estimate of drug-likeness (QED) is 0.298. The Bertz CT molecular complexity index is 1470. The molecule has 0 bridgehead atoms. The van der Waals surface area contributed by atoms with Gasteiger partial charge in [-0.05, 0) is 50.8 Å². The van der Waals surface area contributed by atoms with E-state index in [0.717, 1.165) is 18.4 Å². The van der Waals surface area contributed by atoms with E-state index in [-0.39, 0.29) is 45.2 Å². The molecule has 0 N–H and O–H groups in total. The van der Waals surface area contributed by atoms with Crippen molar-refractivity contribution in [3.63, 3.8) is 0 Å². The second-order valence-corrected chi connectivity index (χ2v) is 10.1. The summed E-state index contributed by atoms with van der Waals surface area (Å²) >= 11 is 5.98. The Labute approximate surface area is 216 Å². The van der Waals surface area contributed by atoms with Crippen LogP contribution in [0.4, 0.5) is 13.2 Å². The van der Waals surface area contributed by atoms with E-state index < -0.39 is 18.7 Å². The fraction of sp³-hybridized carbons (Fsp3) is 0.423. The SMILES string of the molecule is Cc1nc2c(-c3ccc(Cl)cc3F)nc(C3CCOC(c4cnn(C5CC5)c4)C3)nc2nc1CC(F)F. The molecule has 2 atom stereocenters. The molecular weight excluding hydrogens is 505 g/mol. The molecular formula is C26H24ClF3N6O. The highest BCUT2D eigenvalue weighted by Crippen LogP contribution is 2.40. The van der Waals surface area contributed by atoms with Crippen molar-refractivity contribution in [3.05, 3.63) is 64.2 Å². The molecule has 37 heavy (non-hydrogen) atoms. The van der Waals surface area contributed by atoms with Crippen molar-refractivity contribution < 1.29 is 17.9 Å². The lowest BCUT2D eigenvalue weighted by atomic mass is 9.92.